The van der Waals surface area contributed by atoms with E-state index < -0.39 is 11.8 Å². The number of anilines is 2. The van der Waals surface area contributed by atoms with Crippen molar-refractivity contribution in [1.29, 1.82) is 0 Å². The lowest BCUT2D eigenvalue weighted by Crippen LogP contribution is -2.32. The van der Waals surface area contributed by atoms with Gasteiger partial charge < -0.3 is 20.1 Å². The van der Waals surface area contributed by atoms with Gasteiger partial charge in [0.05, 0.1) is 32.6 Å². The van der Waals surface area contributed by atoms with Crippen molar-refractivity contribution in [2.45, 2.75) is 0 Å². The Morgan fingerprint density at radius 3 is 2.49 bits per heavy atom. The third-order valence-electron chi connectivity index (χ3n) is 4.51. The molecule has 37 heavy (non-hydrogen) atoms. The third-order valence-corrected chi connectivity index (χ3v) is 6.66. The Bertz CT molecular complexity index is 1360. The van der Waals surface area contributed by atoms with Crippen LogP contribution in [0.15, 0.2) is 64.2 Å². The molecular weight excluding hydrogens is 702 g/mol. The molecule has 0 saturated carbocycles. The average molecular weight is 720 g/mol. The van der Waals surface area contributed by atoms with Gasteiger partial charge in [0.1, 0.15) is 0 Å². The zero-order valence-electron chi connectivity index (χ0n) is 19.0. The molecule has 0 bridgehead atoms. The first-order valence-corrected chi connectivity index (χ1v) is 12.9. The van der Waals surface area contributed by atoms with Crippen LogP contribution in [0.4, 0.5) is 11.4 Å². The van der Waals surface area contributed by atoms with Gasteiger partial charge in [0.2, 0.25) is 0 Å². The molecule has 0 aromatic heterocycles. The molecule has 0 radical (unpaired) electrons. The Kier molecular flexibility index (Phi) is 10.6. The zero-order valence-corrected chi connectivity index (χ0v) is 24.2. The van der Waals surface area contributed by atoms with Gasteiger partial charge in [0.15, 0.2) is 18.1 Å². The van der Waals surface area contributed by atoms with Gasteiger partial charge >= 0.3 is 11.8 Å². The highest BCUT2D eigenvalue weighted by Gasteiger charge is 2.16. The summed E-state index contributed by atoms with van der Waals surface area (Å²) in [6.45, 7) is -0.238. The number of carbonyl (C=O) groups is 3. The number of methoxy groups -OCH3 is 1. The summed E-state index contributed by atoms with van der Waals surface area (Å²) in [5, 5.41) is 9.26. The highest BCUT2D eigenvalue weighted by atomic mass is 127. The molecular formula is C24H18BrCl2IN4O5. The monoisotopic (exact) mass is 718 g/mol. The zero-order chi connectivity index (χ0) is 26.9. The van der Waals surface area contributed by atoms with Crippen LogP contribution in [0.25, 0.3) is 0 Å². The largest absolute Gasteiger partial charge is 0.493 e. The molecule has 0 unspecified atom stereocenters. The van der Waals surface area contributed by atoms with Crippen molar-refractivity contribution in [2.24, 2.45) is 5.10 Å². The van der Waals surface area contributed by atoms with E-state index in [4.69, 9.17) is 32.7 Å². The molecule has 0 atom stereocenters. The number of amides is 3. The predicted molar refractivity (Wildman–Crippen MR) is 155 cm³/mol. The molecule has 9 nitrogen and oxygen atoms in total. The SMILES string of the molecule is COc1cc(/C=N\NC(=O)C(=O)Nc2cccc(Cl)c2Cl)cc(I)c1OCC(=O)Nc1ccc(Br)cc1. The molecule has 0 spiro atoms. The normalized spacial score (nSPS) is 10.6. The minimum atomic E-state index is -1.01. The van der Waals surface area contributed by atoms with Crippen LogP contribution in [0.1, 0.15) is 5.56 Å². The molecule has 3 aromatic carbocycles. The van der Waals surface area contributed by atoms with Gasteiger partial charge in [-0.3, -0.25) is 14.4 Å². The first-order chi connectivity index (χ1) is 17.7. The van der Waals surface area contributed by atoms with E-state index in [9.17, 15) is 14.4 Å². The van der Waals surface area contributed by atoms with E-state index in [0.29, 0.717) is 26.3 Å². The van der Waals surface area contributed by atoms with E-state index in [0.717, 1.165) is 4.47 Å². The summed E-state index contributed by atoms with van der Waals surface area (Å²) in [5.74, 6) is -1.60. The summed E-state index contributed by atoms with van der Waals surface area (Å²) >= 11 is 17.3. The second-order valence-electron chi connectivity index (χ2n) is 7.13. The maximum Gasteiger partial charge on any atom is 0.329 e. The lowest BCUT2D eigenvalue weighted by molar-refractivity contribution is -0.136. The number of ether oxygens (including phenoxy) is 2. The molecule has 0 aliphatic carbocycles. The van der Waals surface area contributed by atoms with Crippen molar-refractivity contribution < 1.29 is 23.9 Å². The minimum absolute atomic E-state index is 0.114. The van der Waals surface area contributed by atoms with Gasteiger partial charge in [0.25, 0.3) is 5.91 Å². The van der Waals surface area contributed by atoms with Crippen molar-refractivity contribution in [2.75, 3.05) is 24.4 Å². The summed E-state index contributed by atoms with van der Waals surface area (Å²) in [7, 11) is 1.45. The average Bonchev–Trinajstić information content (AvgIpc) is 2.87. The number of hydrogen-bond donors (Lipinski definition) is 3. The van der Waals surface area contributed by atoms with E-state index in [-0.39, 0.29) is 28.2 Å². The van der Waals surface area contributed by atoms with Crippen LogP contribution >= 0.6 is 61.7 Å². The van der Waals surface area contributed by atoms with Crippen molar-refractivity contribution in [3.8, 4) is 11.5 Å². The fourth-order valence-electron chi connectivity index (χ4n) is 2.82. The van der Waals surface area contributed by atoms with Gasteiger partial charge in [0, 0.05) is 10.2 Å². The van der Waals surface area contributed by atoms with Gasteiger partial charge in [-0.05, 0) is 76.7 Å². The molecule has 0 aliphatic heterocycles. The molecule has 3 amide bonds. The van der Waals surface area contributed by atoms with Gasteiger partial charge in [-0.15, -0.1) is 0 Å². The van der Waals surface area contributed by atoms with Crippen LogP contribution < -0.4 is 25.5 Å². The Hall–Kier alpha value is -2.87. The van der Waals surface area contributed by atoms with E-state index in [1.165, 1.54) is 19.4 Å². The molecule has 0 aliphatic rings. The topological polar surface area (TPSA) is 118 Å². The number of carbonyl (C=O) groups excluding carboxylic acids is 3. The van der Waals surface area contributed by atoms with E-state index in [1.54, 1.807) is 36.4 Å². The number of benzene rings is 3. The molecule has 3 N–H and O–H groups in total. The summed E-state index contributed by atoms with van der Waals surface area (Å²) < 4.78 is 12.6. The molecule has 192 valence electrons. The van der Waals surface area contributed by atoms with E-state index in [2.05, 4.69) is 37.1 Å². The lowest BCUT2D eigenvalue weighted by Gasteiger charge is -2.13. The van der Waals surface area contributed by atoms with Crippen LogP contribution in [0.5, 0.6) is 11.5 Å². The second kappa shape index (κ2) is 13.6. The van der Waals surface area contributed by atoms with Crippen molar-refractivity contribution >= 4 is 97.0 Å². The Morgan fingerprint density at radius 2 is 1.78 bits per heavy atom. The van der Waals surface area contributed by atoms with Crippen LogP contribution in [-0.2, 0) is 14.4 Å². The number of hydrogen-bond acceptors (Lipinski definition) is 6. The molecule has 0 heterocycles. The number of halogens is 4. The number of nitrogens with one attached hydrogen (secondary N) is 3. The minimum Gasteiger partial charge on any atom is -0.493 e. The molecule has 3 rings (SSSR count). The van der Waals surface area contributed by atoms with Gasteiger partial charge in [-0.25, -0.2) is 5.43 Å². The van der Waals surface area contributed by atoms with Crippen molar-refractivity contribution in [3.05, 3.63) is 78.2 Å². The van der Waals surface area contributed by atoms with Crippen LogP contribution in [0.2, 0.25) is 10.0 Å². The van der Waals surface area contributed by atoms with E-state index >= 15 is 0 Å². The summed E-state index contributed by atoms with van der Waals surface area (Å²) in [6, 6.07) is 15.1. The summed E-state index contributed by atoms with van der Waals surface area (Å²) in [6.07, 6.45) is 1.33. The highest BCUT2D eigenvalue weighted by molar-refractivity contribution is 14.1. The van der Waals surface area contributed by atoms with E-state index in [1.807, 2.05) is 34.7 Å². The van der Waals surface area contributed by atoms with Gasteiger partial charge in [-0.1, -0.05) is 45.2 Å². The lowest BCUT2D eigenvalue weighted by atomic mass is 10.2. The maximum atomic E-state index is 12.3. The van der Waals surface area contributed by atoms with Crippen LogP contribution in [-0.4, -0.2) is 37.7 Å². The fourth-order valence-corrected chi connectivity index (χ4v) is 4.21. The van der Waals surface area contributed by atoms with Gasteiger partial charge in [-0.2, -0.15) is 5.10 Å². The first-order valence-electron chi connectivity index (χ1n) is 10.3. The fraction of sp³-hybridized carbons (Fsp3) is 0.0833. The van der Waals surface area contributed by atoms with Crippen LogP contribution in [0, 0.1) is 3.57 Å². The number of hydrazone groups is 1. The summed E-state index contributed by atoms with van der Waals surface area (Å²) in [5.41, 5.74) is 3.51. The van der Waals surface area contributed by atoms with Crippen molar-refractivity contribution in [3.63, 3.8) is 0 Å². The first kappa shape index (κ1) is 28.7. The smallest absolute Gasteiger partial charge is 0.329 e. The molecule has 0 saturated heterocycles. The van der Waals surface area contributed by atoms with Crippen LogP contribution in [0.3, 0.4) is 0 Å². The quantitative estimate of drug-likeness (QED) is 0.124. The highest BCUT2D eigenvalue weighted by Crippen LogP contribution is 2.33. The predicted octanol–water partition coefficient (Wildman–Crippen LogP) is 5.48. The number of nitrogens with zero attached hydrogens (tertiary/aromatic N) is 1. The Labute approximate surface area is 244 Å². The van der Waals surface area contributed by atoms with Crippen molar-refractivity contribution in [1.82, 2.24) is 5.43 Å². The Balaban J connectivity index is 1.59. The Morgan fingerprint density at radius 1 is 1.05 bits per heavy atom. The molecule has 13 heteroatoms. The second-order valence-corrected chi connectivity index (χ2v) is 10.00. The maximum absolute atomic E-state index is 12.3. The standard InChI is InChI=1S/C24H18BrCl2IN4O5/c1-36-19-10-13(11-29-32-24(35)23(34)31-18-4-2-3-16(26)21(18)27)9-17(28)22(19)37-12-20(33)30-15-7-5-14(25)6-8-15/h2-11H,12H2,1H3,(H,30,33)(H,31,34)(H,32,35)/b29-11-. The molecule has 3 aromatic rings. The number of rotatable bonds is 8. The molecule has 0 fully saturated rings. The summed E-state index contributed by atoms with van der Waals surface area (Å²) in [4.78, 5) is 36.4. The third kappa shape index (κ3) is 8.32.